The number of ketones is 1. The normalized spacial score (nSPS) is 13.1. The average Bonchev–Trinajstić information content (AvgIpc) is 2.49. The summed E-state index contributed by atoms with van der Waals surface area (Å²) in [5.74, 6) is -3.12. The van der Waals surface area contributed by atoms with E-state index < -0.39 is 23.9 Å². The van der Waals surface area contributed by atoms with Crippen molar-refractivity contribution >= 4 is 23.6 Å². The lowest BCUT2D eigenvalue weighted by molar-refractivity contribution is -0.139. The third-order valence-electron chi connectivity index (χ3n) is 3.50. The maximum Gasteiger partial charge on any atom is 0.320 e. The molecule has 2 unspecified atom stereocenters. The molecule has 0 aromatic carbocycles. The number of nitrogens with two attached hydrogens (primary N) is 1. The summed E-state index contributed by atoms with van der Waals surface area (Å²) >= 11 is 0. The third-order valence-corrected chi connectivity index (χ3v) is 3.50. The highest BCUT2D eigenvalue weighted by Crippen LogP contribution is 2.13. The highest BCUT2D eigenvalue weighted by molar-refractivity contribution is 5.87. The van der Waals surface area contributed by atoms with Crippen molar-refractivity contribution in [2.24, 2.45) is 11.7 Å². The number of carboxylic acid groups (broad SMARTS) is 2. The van der Waals surface area contributed by atoms with Crippen LogP contribution in [0.25, 0.3) is 0 Å². The standard InChI is InChI=1S/C15H26N2O6/c1-2-11(18)9-10(6-7-13(19)20)14(21)17-8-4-3-5-12(16)15(22)23/h10,12H,2-9,16H2,1H3,(H,17,21)(H,19,20)(H,22,23). The number of carboxylic acids is 2. The van der Waals surface area contributed by atoms with Crippen molar-refractivity contribution in [1.82, 2.24) is 5.32 Å². The smallest absolute Gasteiger partial charge is 0.320 e. The summed E-state index contributed by atoms with van der Waals surface area (Å²) in [7, 11) is 0. The van der Waals surface area contributed by atoms with Gasteiger partial charge in [-0.3, -0.25) is 19.2 Å². The first-order valence-electron chi connectivity index (χ1n) is 7.77. The molecule has 5 N–H and O–H groups in total. The topological polar surface area (TPSA) is 147 Å². The Kier molecular flexibility index (Phi) is 10.6. The number of amides is 1. The fourth-order valence-electron chi connectivity index (χ4n) is 2.01. The molecule has 132 valence electrons. The molecule has 0 fully saturated rings. The van der Waals surface area contributed by atoms with E-state index in [0.717, 1.165) is 0 Å². The van der Waals surface area contributed by atoms with Crippen molar-refractivity contribution in [3.63, 3.8) is 0 Å². The predicted octanol–water partition coefficient (Wildman–Crippen LogP) is 0.535. The second kappa shape index (κ2) is 11.6. The molecule has 0 rings (SSSR count). The summed E-state index contributed by atoms with van der Waals surface area (Å²) in [5, 5.41) is 20.0. The van der Waals surface area contributed by atoms with Crippen LogP contribution in [0.5, 0.6) is 0 Å². The summed E-state index contributed by atoms with van der Waals surface area (Å²) in [5.41, 5.74) is 5.36. The Hall–Kier alpha value is -1.96. The molecule has 0 aliphatic heterocycles. The van der Waals surface area contributed by atoms with Crippen LogP contribution in [-0.2, 0) is 19.2 Å². The molecule has 0 radical (unpaired) electrons. The zero-order chi connectivity index (χ0) is 17.8. The van der Waals surface area contributed by atoms with Gasteiger partial charge in [0, 0.05) is 31.7 Å². The molecule has 0 spiro atoms. The van der Waals surface area contributed by atoms with Gasteiger partial charge >= 0.3 is 11.9 Å². The van der Waals surface area contributed by atoms with Gasteiger partial charge in [-0.2, -0.15) is 0 Å². The molecule has 0 aliphatic rings. The van der Waals surface area contributed by atoms with Gasteiger partial charge in [-0.15, -0.1) is 0 Å². The minimum absolute atomic E-state index is 0.0412. The summed E-state index contributed by atoms with van der Waals surface area (Å²) in [4.78, 5) is 44.7. The van der Waals surface area contributed by atoms with Gasteiger partial charge in [-0.25, -0.2) is 0 Å². The number of carbonyl (C=O) groups excluding carboxylic acids is 2. The maximum atomic E-state index is 12.0. The Morgan fingerprint density at radius 1 is 1.09 bits per heavy atom. The first-order chi connectivity index (χ1) is 10.8. The van der Waals surface area contributed by atoms with Gasteiger partial charge in [0.1, 0.15) is 11.8 Å². The predicted molar refractivity (Wildman–Crippen MR) is 82.7 cm³/mol. The number of nitrogens with one attached hydrogen (secondary N) is 1. The van der Waals surface area contributed by atoms with Crippen LogP contribution < -0.4 is 11.1 Å². The lowest BCUT2D eigenvalue weighted by atomic mass is 9.95. The van der Waals surface area contributed by atoms with E-state index in [1.807, 2.05) is 0 Å². The number of Topliss-reactive ketones (excluding diaryl/α,β-unsaturated/α-hetero) is 1. The van der Waals surface area contributed by atoms with E-state index in [1.54, 1.807) is 6.92 Å². The third kappa shape index (κ3) is 10.4. The Morgan fingerprint density at radius 2 is 1.74 bits per heavy atom. The Morgan fingerprint density at radius 3 is 2.26 bits per heavy atom. The highest BCUT2D eigenvalue weighted by atomic mass is 16.4. The van der Waals surface area contributed by atoms with Crippen LogP contribution in [0.4, 0.5) is 0 Å². The van der Waals surface area contributed by atoms with Crippen LogP contribution in [0.15, 0.2) is 0 Å². The largest absolute Gasteiger partial charge is 0.481 e. The lowest BCUT2D eigenvalue weighted by Crippen LogP contribution is -2.33. The van der Waals surface area contributed by atoms with E-state index in [1.165, 1.54) is 0 Å². The molecule has 8 nitrogen and oxygen atoms in total. The lowest BCUT2D eigenvalue weighted by Gasteiger charge is -2.15. The van der Waals surface area contributed by atoms with Crippen LogP contribution >= 0.6 is 0 Å². The van der Waals surface area contributed by atoms with Crippen LogP contribution in [0.3, 0.4) is 0 Å². The van der Waals surface area contributed by atoms with Gasteiger partial charge in [0.25, 0.3) is 0 Å². The number of hydrogen-bond donors (Lipinski definition) is 4. The summed E-state index contributed by atoms with van der Waals surface area (Å²) in [6, 6.07) is -0.906. The van der Waals surface area contributed by atoms with Gasteiger partial charge in [0.2, 0.25) is 5.91 Å². The zero-order valence-electron chi connectivity index (χ0n) is 13.4. The molecule has 0 aliphatic carbocycles. The van der Waals surface area contributed by atoms with Crippen molar-refractivity contribution in [3.8, 4) is 0 Å². The summed E-state index contributed by atoms with van der Waals surface area (Å²) in [6.45, 7) is 2.04. The fourth-order valence-corrected chi connectivity index (χ4v) is 2.01. The second-order valence-corrected chi connectivity index (χ2v) is 5.46. The maximum absolute atomic E-state index is 12.0. The zero-order valence-corrected chi connectivity index (χ0v) is 13.4. The van der Waals surface area contributed by atoms with Crippen molar-refractivity contribution in [2.45, 2.75) is 57.9 Å². The molecule has 0 aromatic rings. The average molecular weight is 330 g/mol. The number of unbranched alkanes of at least 4 members (excludes halogenated alkanes) is 1. The fraction of sp³-hybridized carbons (Fsp3) is 0.733. The molecule has 1 amide bonds. The molecule has 2 atom stereocenters. The van der Waals surface area contributed by atoms with Crippen molar-refractivity contribution in [3.05, 3.63) is 0 Å². The van der Waals surface area contributed by atoms with E-state index in [4.69, 9.17) is 15.9 Å². The van der Waals surface area contributed by atoms with E-state index in [9.17, 15) is 19.2 Å². The van der Waals surface area contributed by atoms with Crippen LogP contribution in [0, 0.1) is 5.92 Å². The van der Waals surface area contributed by atoms with E-state index >= 15 is 0 Å². The second-order valence-electron chi connectivity index (χ2n) is 5.46. The van der Waals surface area contributed by atoms with Gasteiger partial charge in [-0.05, 0) is 25.7 Å². The van der Waals surface area contributed by atoms with Crippen LogP contribution in [0.1, 0.15) is 51.9 Å². The van der Waals surface area contributed by atoms with Crippen molar-refractivity contribution < 1.29 is 29.4 Å². The minimum atomic E-state index is -1.05. The minimum Gasteiger partial charge on any atom is -0.481 e. The quantitative estimate of drug-likeness (QED) is 0.360. The molecule has 0 aromatic heterocycles. The number of rotatable bonds is 13. The first-order valence-corrected chi connectivity index (χ1v) is 7.77. The monoisotopic (exact) mass is 330 g/mol. The SMILES string of the molecule is CCC(=O)CC(CCC(=O)O)C(=O)NCCCCC(N)C(=O)O. The van der Waals surface area contributed by atoms with E-state index in [0.29, 0.717) is 32.2 Å². The molecule has 8 heteroatoms. The Balaban J connectivity index is 4.18. The molecule has 0 bridgehead atoms. The number of carbonyl (C=O) groups is 4. The molecule has 0 heterocycles. The molecule has 0 saturated heterocycles. The molecular weight excluding hydrogens is 304 g/mol. The van der Waals surface area contributed by atoms with Crippen LogP contribution in [0.2, 0.25) is 0 Å². The van der Waals surface area contributed by atoms with Gasteiger partial charge in [-0.1, -0.05) is 6.92 Å². The highest BCUT2D eigenvalue weighted by Gasteiger charge is 2.21. The Bertz CT molecular complexity index is 424. The van der Waals surface area contributed by atoms with Crippen molar-refractivity contribution in [1.29, 1.82) is 0 Å². The summed E-state index contributed by atoms with van der Waals surface area (Å²) < 4.78 is 0. The number of aliphatic carboxylic acids is 2. The molecule has 23 heavy (non-hydrogen) atoms. The molecular formula is C15H26N2O6. The first kappa shape index (κ1) is 21.0. The summed E-state index contributed by atoms with van der Waals surface area (Å²) in [6.07, 6.45) is 1.76. The van der Waals surface area contributed by atoms with Gasteiger partial charge in [0.05, 0.1) is 0 Å². The molecule has 0 saturated carbocycles. The van der Waals surface area contributed by atoms with E-state index in [-0.39, 0.29) is 31.0 Å². The van der Waals surface area contributed by atoms with Gasteiger partial charge in [0.15, 0.2) is 0 Å². The van der Waals surface area contributed by atoms with Crippen LogP contribution in [-0.4, -0.2) is 46.4 Å². The number of hydrogen-bond acceptors (Lipinski definition) is 5. The Labute approximate surface area is 135 Å². The van der Waals surface area contributed by atoms with Crippen molar-refractivity contribution in [2.75, 3.05) is 6.54 Å². The van der Waals surface area contributed by atoms with Gasteiger partial charge < -0.3 is 21.3 Å². The van der Waals surface area contributed by atoms with E-state index in [2.05, 4.69) is 5.32 Å².